The van der Waals surface area contributed by atoms with E-state index < -0.39 is 8.24 Å². The summed E-state index contributed by atoms with van der Waals surface area (Å²) in [4.78, 5) is 0. The van der Waals surface area contributed by atoms with Crippen molar-refractivity contribution in [1.29, 1.82) is 0 Å². The molecule has 0 amide bonds. The maximum absolute atomic E-state index is 6.59. The van der Waals surface area contributed by atoms with E-state index in [1.54, 1.807) is 18.6 Å². The molecule has 3 heterocycles. The van der Waals surface area contributed by atoms with Crippen LogP contribution >= 0.6 is 0 Å². The van der Waals surface area contributed by atoms with Crippen LogP contribution in [-0.4, -0.2) is 38.8 Å². The third-order valence-electron chi connectivity index (χ3n) is 2.71. The number of H-pyrrole nitrogens is 3. The van der Waals surface area contributed by atoms with Gasteiger partial charge in [-0.2, -0.15) is 15.3 Å². The van der Waals surface area contributed by atoms with Gasteiger partial charge in [-0.1, -0.05) is 0 Å². The summed E-state index contributed by atoms with van der Waals surface area (Å²) in [6, 6.07) is 5.61. The van der Waals surface area contributed by atoms with Gasteiger partial charge in [0, 0.05) is 18.6 Å². The molecule has 86 valence electrons. The minimum atomic E-state index is -2.65. The van der Waals surface area contributed by atoms with Crippen molar-refractivity contribution in [1.82, 2.24) is 30.6 Å². The predicted molar refractivity (Wildman–Crippen MR) is 64.6 cm³/mol. The van der Waals surface area contributed by atoms with Gasteiger partial charge in [0.25, 0.3) is 8.24 Å². The number of nitrogens with one attached hydrogen (secondary N) is 3. The fourth-order valence-electron chi connectivity index (χ4n) is 1.83. The van der Waals surface area contributed by atoms with Crippen LogP contribution in [0.5, 0.6) is 0 Å². The first kappa shape index (κ1) is 9.99. The van der Waals surface area contributed by atoms with Crippen molar-refractivity contribution in [2.75, 3.05) is 0 Å². The van der Waals surface area contributed by atoms with Crippen LogP contribution in [0.2, 0.25) is 0 Å². The van der Waals surface area contributed by atoms with Gasteiger partial charge in [-0.3, -0.25) is 15.3 Å². The molecule has 0 unspecified atom stereocenters. The SMILES string of the molecule is N[Si](c1cc[nH]n1)(c1cc[nH]n1)c1cc[nH]n1. The third kappa shape index (κ3) is 1.42. The molecule has 3 aromatic heterocycles. The molecule has 3 rings (SSSR count). The van der Waals surface area contributed by atoms with Crippen LogP contribution in [0.3, 0.4) is 0 Å². The molecule has 0 saturated carbocycles. The summed E-state index contributed by atoms with van der Waals surface area (Å²) in [5, 5.41) is 30.0. The number of hydrogen-bond acceptors (Lipinski definition) is 4. The van der Waals surface area contributed by atoms with Crippen molar-refractivity contribution in [2.45, 2.75) is 0 Å². The van der Waals surface area contributed by atoms with Gasteiger partial charge in [-0.25, -0.2) is 0 Å². The molecule has 3 aromatic rings. The Labute approximate surface area is 97.5 Å². The Balaban J connectivity index is 2.21. The Bertz CT molecular complexity index is 485. The van der Waals surface area contributed by atoms with Crippen LogP contribution in [-0.2, 0) is 0 Å². The Morgan fingerprint density at radius 1 is 0.765 bits per heavy atom. The summed E-state index contributed by atoms with van der Waals surface area (Å²) in [5.41, 5.74) is 0. The standard InChI is InChI=1S/C9H11N7Si/c10-17(7-1-4-11-14-7,8-2-5-12-15-8)9-3-6-13-16-9/h1-6H,10H2,(H,11,14)(H,12,15)(H,13,16). The molecule has 8 heteroatoms. The first-order valence-electron chi connectivity index (χ1n) is 5.11. The topological polar surface area (TPSA) is 112 Å². The highest BCUT2D eigenvalue weighted by molar-refractivity contribution is 7.08. The zero-order valence-corrected chi connectivity index (χ0v) is 9.88. The zero-order valence-electron chi connectivity index (χ0n) is 8.88. The van der Waals surface area contributed by atoms with Gasteiger partial charge >= 0.3 is 0 Å². The second-order valence-electron chi connectivity index (χ2n) is 3.69. The van der Waals surface area contributed by atoms with E-state index in [9.17, 15) is 0 Å². The first-order valence-corrected chi connectivity index (χ1v) is 7.19. The van der Waals surface area contributed by atoms with E-state index in [2.05, 4.69) is 30.6 Å². The molecule has 0 aromatic carbocycles. The Morgan fingerprint density at radius 3 is 1.35 bits per heavy atom. The maximum atomic E-state index is 6.59. The van der Waals surface area contributed by atoms with Gasteiger partial charge in [0.05, 0.1) is 16.0 Å². The molecule has 0 radical (unpaired) electrons. The van der Waals surface area contributed by atoms with Crippen LogP contribution in [0.25, 0.3) is 0 Å². The van der Waals surface area contributed by atoms with Gasteiger partial charge in [0.1, 0.15) is 0 Å². The second kappa shape index (κ2) is 3.68. The first-order chi connectivity index (χ1) is 8.32. The van der Waals surface area contributed by atoms with Crippen LogP contribution in [0.15, 0.2) is 36.8 Å². The molecule has 0 aliphatic rings. The van der Waals surface area contributed by atoms with E-state index in [-0.39, 0.29) is 0 Å². The molecule has 0 bridgehead atoms. The number of nitrogens with zero attached hydrogens (tertiary/aromatic N) is 3. The maximum Gasteiger partial charge on any atom is 0.284 e. The van der Waals surface area contributed by atoms with Gasteiger partial charge in [-0.15, -0.1) is 0 Å². The number of aromatic amines is 3. The average molecular weight is 245 g/mol. The zero-order chi connectivity index (χ0) is 11.7. The molecule has 0 aliphatic carbocycles. The average Bonchev–Trinajstić information content (AvgIpc) is 3.10. The van der Waals surface area contributed by atoms with E-state index in [0.29, 0.717) is 0 Å². The Hall–Kier alpha value is -2.19. The van der Waals surface area contributed by atoms with E-state index in [1.807, 2.05) is 18.2 Å². The number of nitrogens with two attached hydrogens (primary N) is 1. The van der Waals surface area contributed by atoms with Crippen LogP contribution in [0, 0.1) is 0 Å². The minimum Gasteiger partial charge on any atom is -0.337 e. The summed E-state index contributed by atoms with van der Waals surface area (Å²) in [6.45, 7) is 0. The second-order valence-corrected chi connectivity index (χ2v) is 6.84. The van der Waals surface area contributed by atoms with Crippen molar-refractivity contribution >= 4 is 24.2 Å². The largest absolute Gasteiger partial charge is 0.337 e. The Kier molecular flexibility index (Phi) is 2.16. The monoisotopic (exact) mass is 245 g/mol. The number of hydrogen-bond donors (Lipinski definition) is 4. The smallest absolute Gasteiger partial charge is 0.284 e. The van der Waals surface area contributed by atoms with Crippen molar-refractivity contribution in [3.05, 3.63) is 36.8 Å². The molecule has 0 aliphatic heterocycles. The Morgan fingerprint density at radius 2 is 1.12 bits per heavy atom. The predicted octanol–water partition coefficient (Wildman–Crippen LogP) is -2.22. The molecular formula is C9H11N7Si. The van der Waals surface area contributed by atoms with Crippen molar-refractivity contribution < 1.29 is 0 Å². The van der Waals surface area contributed by atoms with Crippen LogP contribution in [0.1, 0.15) is 0 Å². The lowest BCUT2D eigenvalue weighted by Gasteiger charge is -2.19. The van der Waals surface area contributed by atoms with Crippen LogP contribution < -0.4 is 21.4 Å². The summed E-state index contributed by atoms with van der Waals surface area (Å²) in [5.74, 6) is 0. The van der Waals surface area contributed by atoms with Crippen LogP contribution in [0.4, 0.5) is 0 Å². The summed E-state index contributed by atoms with van der Waals surface area (Å²) < 4.78 is 0. The number of rotatable bonds is 3. The van der Waals surface area contributed by atoms with Crippen molar-refractivity contribution in [2.24, 2.45) is 5.40 Å². The van der Waals surface area contributed by atoms with E-state index in [1.165, 1.54) is 0 Å². The van der Waals surface area contributed by atoms with E-state index in [4.69, 9.17) is 5.40 Å². The molecule has 0 atom stereocenters. The third-order valence-corrected chi connectivity index (χ3v) is 5.97. The van der Waals surface area contributed by atoms with Gasteiger partial charge in [-0.05, 0) is 18.2 Å². The molecular weight excluding hydrogens is 234 g/mol. The number of aromatic nitrogens is 6. The molecule has 0 fully saturated rings. The summed E-state index contributed by atoms with van der Waals surface area (Å²) in [6.07, 6.45) is 5.26. The fourth-order valence-corrected chi connectivity index (χ4v) is 4.38. The molecule has 0 spiro atoms. The summed E-state index contributed by atoms with van der Waals surface area (Å²) >= 11 is 0. The minimum absolute atomic E-state index is 0.803. The molecule has 0 saturated heterocycles. The summed E-state index contributed by atoms with van der Waals surface area (Å²) in [7, 11) is -2.65. The van der Waals surface area contributed by atoms with E-state index in [0.717, 1.165) is 16.0 Å². The lowest BCUT2D eigenvalue weighted by molar-refractivity contribution is 1.09. The molecule has 5 N–H and O–H groups in total. The lowest BCUT2D eigenvalue weighted by atomic mass is 10.7. The highest BCUT2D eigenvalue weighted by Gasteiger charge is 2.42. The molecule has 7 nitrogen and oxygen atoms in total. The lowest BCUT2D eigenvalue weighted by Crippen LogP contribution is -2.75. The highest BCUT2D eigenvalue weighted by atomic mass is 28.3. The van der Waals surface area contributed by atoms with Crippen molar-refractivity contribution in [3.8, 4) is 0 Å². The normalized spacial score (nSPS) is 11.8. The molecule has 17 heavy (non-hydrogen) atoms. The fraction of sp³-hybridized carbons (Fsp3) is 0. The highest BCUT2D eigenvalue weighted by Crippen LogP contribution is 1.94. The van der Waals surface area contributed by atoms with Crippen molar-refractivity contribution in [3.63, 3.8) is 0 Å². The van der Waals surface area contributed by atoms with Gasteiger partial charge < -0.3 is 5.40 Å². The van der Waals surface area contributed by atoms with Gasteiger partial charge in [0.2, 0.25) is 0 Å². The quantitative estimate of drug-likeness (QED) is 0.392. The van der Waals surface area contributed by atoms with E-state index >= 15 is 0 Å². The van der Waals surface area contributed by atoms with Gasteiger partial charge in [0.15, 0.2) is 0 Å².